The molecular formula is C18H19N3O3S. The van der Waals surface area contributed by atoms with Crippen LogP contribution in [0.3, 0.4) is 0 Å². The molecule has 0 unspecified atom stereocenters. The van der Waals surface area contributed by atoms with E-state index in [-0.39, 0.29) is 5.97 Å². The van der Waals surface area contributed by atoms with Crippen LogP contribution in [0, 0.1) is 6.92 Å². The average molecular weight is 357 g/mol. The summed E-state index contributed by atoms with van der Waals surface area (Å²) in [5.41, 5.74) is 1.95. The fourth-order valence-electron chi connectivity index (χ4n) is 2.53. The Balaban J connectivity index is 1.87. The van der Waals surface area contributed by atoms with Crippen molar-refractivity contribution < 1.29 is 14.3 Å². The number of ether oxygens (including phenoxy) is 2. The minimum absolute atomic E-state index is 0.316. The van der Waals surface area contributed by atoms with Gasteiger partial charge in [-0.25, -0.2) is 14.8 Å². The Bertz CT molecular complexity index is 890. The number of hydrogen-bond donors (Lipinski definition) is 1. The Morgan fingerprint density at radius 2 is 2.00 bits per heavy atom. The van der Waals surface area contributed by atoms with Gasteiger partial charge in [-0.15, -0.1) is 11.3 Å². The Kier molecular flexibility index (Phi) is 5.14. The highest BCUT2D eigenvalue weighted by molar-refractivity contribution is 7.20. The number of aryl methyl sites for hydroxylation is 1. The van der Waals surface area contributed by atoms with Crippen LogP contribution in [0.2, 0.25) is 0 Å². The number of methoxy groups -OCH3 is 1. The van der Waals surface area contributed by atoms with Gasteiger partial charge in [-0.2, -0.15) is 0 Å². The highest BCUT2D eigenvalue weighted by Gasteiger charge is 2.20. The zero-order valence-electron chi connectivity index (χ0n) is 14.3. The van der Waals surface area contributed by atoms with Crippen molar-refractivity contribution in [1.82, 2.24) is 9.97 Å². The van der Waals surface area contributed by atoms with Gasteiger partial charge in [-0.05, 0) is 37.1 Å². The molecular weight excluding hydrogens is 338 g/mol. The quantitative estimate of drug-likeness (QED) is 0.677. The van der Waals surface area contributed by atoms with Gasteiger partial charge in [-0.3, -0.25) is 0 Å². The molecule has 2 heterocycles. The summed E-state index contributed by atoms with van der Waals surface area (Å²) in [6.45, 7) is 4.65. The second kappa shape index (κ2) is 7.48. The number of carbonyl (C=O) groups is 1. The minimum Gasteiger partial charge on any atom is -0.497 e. The number of aromatic nitrogens is 2. The van der Waals surface area contributed by atoms with Crippen LogP contribution in [0.15, 0.2) is 30.6 Å². The lowest BCUT2D eigenvalue weighted by atomic mass is 10.2. The normalized spacial score (nSPS) is 10.7. The van der Waals surface area contributed by atoms with E-state index in [1.165, 1.54) is 17.7 Å². The summed E-state index contributed by atoms with van der Waals surface area (Å²) >= 11 is 1.33. The first-order valence-electron chi connectivity index (χ1n) is 7.92. The first kappa shape index (κ1) is 17.2. The van der Waals surface area contributed by atoms with Gasteiger partial charge in [0.1, 0.15) is 27.6 Å². The number of rotatable bonds is 6. The number of anilines is 1. The lowest BCUT2D eigenvalue weighted by Gasteiger charge is -2.08. The van der Waals surface area contributed by atoms with Crippen molar-refractivity contribution in [2.45, 2.75) is 20.4 Å². The molecule has 3 aromatic rings. The van der Waals surface area contributed by atoms with Crippen molar-refractivity contribution in [2.24, 2.45) is 0 Å². The predicted octanol–water partition coefficient (Wildman–Crippen LogP) is 3.80. The van der Waals surface area contributed by atoms with Crippen LogP contribution < -0.4 is 10.1 Å². The summed E-state index contributed by atoms with van der Waals surface area (Å²) in [6, 6.07) is 7.83. The van der Waals surface area contributed by atoms with Gasteiger partial charge in [-0.1, -0.05) is 12.1 Å². The number of carbonyl (C=O) groups excluding carboxylic acids is 1. The second-order valence-electron chi connectivity index (χ2n) is 5.38. The first-order valence-corrected chi connectivity index (χ1v) is 8.73. The van der Waals surface area contributed by atoms with Crippen LogP contribution in [0.25, 0.3) is 10.2 Å². The molecule has 3 rings (SSSR count). The third-order valence-electron chi connectivity index (χ3n) is 3.81. The molecule has 0 spiro atoms. The topological polar surface area (TPSA) is 73.3 Å². The molecule has 0 aliphatic heterocycles. The molecule has 2 aromatic heterocycles. The van der Waals surface area contributed by atoms with Crippen LogP contribution in [-0.4, -0.2) is 29.7 Å². The van der Waals surface area contributed by atoms with Crippen LogP contribution >= 0.6 is 11.3 Å². The number of esters is 1. The molecule has 1 aromatic carbocycles. The van der Waals surface area contributed by atoms with Crippen molar-refractivity contribution in [3.05, 3.63) is 46.6 Å². The number of thiophene rings is 1. The molecule has 0 amide bonds. The summed E-state index contributed by atoms with van der Waals surface area (Å²) in [5.74, 6) is 1.22. The van der Waals surface area contributed by atoms with Gasteiger partial charge in [0.2, 0.25) is 0 Å². The van der Waals surface area contributed by atoms with Crippen LogP contribution in [0.4, 0.5) is 5.82 Å². The van der Waals surface area contributed by atoms with Crippen molar-refractivity contribution in [3.63, 3.8) is 0 Å². The van der Waals surface area contributed by atoms with Gasteiger partial charge in [0.05, 0.1) is 19.1 Å². The zero-order chi connectivity index (χ0) is 17.8. The molecule has 0 aliphatic carbocycles. The van der Waals surface area contributed by atoms with E-state index in [0.717, 1.165) is 27.1 Å². The van der Waals surface area contributed by atoms with Crippen LogP contribution in [0.5, 0.6) is 5.75 Å². The maximum atomic E-state index is 12.1. The fraction of sp³-hybridized carbons (Fsp3) is 0.278. The molecule has 0 bridgehead atoms. The standard InChI is InChI=1S/C18H19N3O3S/c1-4-24-18(22)15-11(2)14-16(20-10-21-17(14)25-15)19-9-12-5-7-13(23-3)8-6-12/h5-8,10H,4,9H2,1-3H3,(H,19,20,21). The fourth-order valence-corrected chi connectivity index (χ4v) is 3.57. The van der Waals surface area contributed by atoms with E-state index in [2.05, 4.69) is 15.3 Å². The number of nitrogens with zero attached hydrogens (tertiary/aromatic N) is 2. The molecule has 6 nitrogen and oxygen atoms in total. The summed E-state index contributed by atoms with van der Waals surface area (Å²) in [7, 11) is 1.64. The van der Waals surface area contributed by atoms with Crippen molar-refractivity contribution in [2.75, 3.05) is 19.0 Å². The van der Waals surface area contributed by atoms with E-state index in [1.54, 1.807) is 14.0 Å². The third-order valence-corrected chi connectivity index (χ3v) is 4.99. The summed E-state index contributed by atoms with van der Waals surface area (Å²) in [6.07, 6.45) is 1.50. The molecule has 1 N–H and O–H groups in total. The Labute approximate surface area is 149 Å². The number of hydrogen-bond acceptors (Lipinski definition) is 7. The summed E-state index contributed by atoms with van der Waals surface area (Å²) in [5, 5.41) is 4.19. The van der Waals surface area contributed by atoms with Gasteiger partial charge in [0, 0.05) is 6.54 Å². The van der Waals surface area contributed by atoms with Crippen LogP contribution in [-0.2, 0) is 11.3 Å². The molecule has 0 atom stereocenters. The molecule has 0 saturated carbocycles. The number of benzene rings is 1. The molecule has 0 saturated heterocycles. The van der Waals surface area contributed by atoms with E-state index in [4.69, 9.17) is 9.47 Å². The number of nitrogens with one attached hydrogen (secondary N) is 1. The third kappa shape index (κ3) is 3.56. The van der Waals surface area contributed by atoms with Crippen LogP contribution in [0.1, 0.15) is 27.7 Å². The highest BCUT2D eigenvalue weighted by Crippen LogP contribution is 2.33. The summed E-state index contributed by atoms with van der Waals surface area (Å²) < 4.78 is 10.3. The Morgan fingerprint density at radius 1 is 1.24 bits per heavy atom. The lowest BCUT2D eigenvalue weighted by molar-refractivity contribution is 0.0531. The van der Waals surface area contributed by atoms with Crippen molar-refractivity contribution in [1.29, 1.82) is 0 Å². The maximum absolute atomic E-state index is 12.1. The summed E-state index contributed by atoms with van der Waals surface area (Å²) in [4.78, 5) is 22.1. The van der Waals surface area contributed by atoms with E-state index < -0.39 is 0 Å². The second-order valence-corrected chi connectivity index (χ2v) is 6.38. The molecule has 0 aliphatic rings. The predicted molar refractivity (Wildman–Crippen MR) is 98.4 cm³/mol. The maximum Gasteiger partial charge on any atom is 0.348 e. The SMILES string of the molecule is CCOC(=O)c1sc2ncnc(NCc3ccc(OC)cc3)c2c1C. The largest absolute Gasteiger partial charge is 0.497 e. The smallest absolute Gasteiger partial charge is 0.348 e. The highest BCUT2D eigenvalue weighted by atomic mass is 32.1. The van der Waals surface area contributed by atoms with Gasteiger partial charge < -0.3 is 14.8 Å². The molecule has 0 radical (unpaired) electrons. The van der Waals surface area contributed by atoms with Gasteiger partial charge in [0.15, 0.2) is 0 Å². The number of fused-ring (bicyclic) bond motifs is 1. The van der Waals surface area contributed by atoms with Gasteiger partial charge >= 0.3 is 5.97 Å². The van der Waals surface area contributed by atoms with Crippen molar-refractivity contribution in [3.8, 4) is 5.75 Å². The Morgan fingerprint density at radius 3 is 2.68 bits per heavy atom. The van der Waals surface area contributed by atoms with E-state index in [0.29, 0.717) is 23.8 Å². The zero-order valence-corrected chi connectivity index (χ0v) is 15.1. The average Bonchev–Trinajstić information content (AvgIpc) is 2.98. The minimum atomic E-state index is -0.316. The van der Waals surface area contributed by atoms with Gasteiger partial charge in [0.25, 0.3) is 0 Å². The lowest BCUT2D eigenvalue weighted by Crippen LogP contribution is -2.04. The van der Waals surface area contributed by atoms with E-state index >= 15 is 0 Å². The van der Waals surface area contributed by atoms with E-state index in [1.807, 2.05) is 31.2 Å². The first-order chi connectivity index (χ1) is 12.1. The Hall–Kier alpha value is -2.67. The van der Waals surface area contributed by atoms with E-state index in [9.17, 15) is 4.79 Å². The molecule has 0 fully saturated rings. The molecule has 130 valence electrons. The molecule has 25 heavy (non-hydrogen) atoms. The van der Waals surface area contributed by atoms with Crippen molar-refractivity contribution >= 4 is 33.3 Å². The monoisotopic (exact) mass is 357 g/mol. The molecule has 7 heteroatoms.